The van der Waals surface area contributed by atoms with E-state index in [1.54, 1.807) is 0 Å². The molecule has 6 nitrogen and oxygen atoms in total. The standard InChI is InChI=1S/C15H20O6/c1-17-13-11(16)12-10(20-15(13)18-2)8-19-14(21-12)9-6-4-3-5-7-9/h3-7,10-16H,8H2,1-2H3/t10-,11+,12-,13-,14?,15+/m1/s1. The minimum atomic E-state index is -0.839. The van der Waals surface area contributed by atoms with Gasteiger partial charge in [-0.15, -0.1) is 0 Å². The molecule has 0 amide bonds. The monoisotopic (exact) mass is 296 g/mol. The van der Waals surface area contributed by atoms with Gasteiger partial charge in [0.1, 0.15) is 24.4 Å². The van der Waals surface area contributed by atoms with Crippen molar-refractivity contribution in [3.63, 3.8) is 0 Å². The normalized spacial score (nSPS) is 39.8. The molecule has 0 spiro atoms. The second kappa shape index (κ2) is 6.39. The second-order valence-electron chi connectivity index (χ2n) is 5.15. The number of hydrogen-bond donors (Lipinski definition) is 1. The van der Waals surface area contributed by atoms with E-state index in [0.717, 1.165) is 5.56 Å². The first-order valence-electron chi connectivity index (χ1n) is 6.95. The van der Waals surface area contributed by atoms with Gasteiger partial charge in [-0.2, -0.15) is 0 Å². The molecule has 116 valence electrons. The molecule has 0 radical (unpaired) electrons. The highest BCUT2D eigenvalue weighted by molar-refractivity contribution is 5.16. The van der Waals surface area contributed by atoms with Gasteiger partial charge in [0.15, 0.2) is 12.6 Å². The zero-order valence-electron chi connectivity index (χ0n) is 12.0. The van der Waals surface area contributed by atoms with E-state index in [-0.39, 0.29) is 6.10 Å². The van der Waals surface area contributed by atoms with Crippen molar-refractivity contribution in [2.45, 2.75) is 37.0 Å². The van der Waals surface area contributed by atoms with Gasteiger partial charge in [0, 0.05) is 19.8 Å². The molecular formula is C15H20O6. The van der Waals surface area contributed by atoms with Crippen LogP contribution in [-0.4, -0.2) is 56.6 Å². The molecule has 6 heteroatoms. The summed E-state index contributed by atoms with van der Waals surface area (Å²) in [5.41, 5.74) is 0.908. The summed E-state index contributed by atoms with van der Waals surface area (Å²) >= 11 is 0. The summed E-state index contributed by atoms with van der Waals surface area (Å²) in [6, 6.07) is 9.61. The van der Waals surface area contributed by atoms with Gasteiger partial charge in [-0.1, -0.05) is 30.3 Å². The minimum Gasteiger partial charge on any atom is -0.387 e. The van der Waals surface area contributed by atoms with Crippen LogP contribution in [0.3, 0.4) is 0 Å². The molecule has 21 heavy (non-hydrogen) atoms. The first-order chi connectivity index (χ1) is 10.2. The zero-order chi connectivity index (χ0) is 14.8. The van der Waals surface area contributed by atoms with E-state index in [0.29, 0.717) is 6.61 Å². The van der Waals surface area contributed by atoms with E-state index >= 15 is 0 Å². The number of rotatable bonds is 3. The Labute approximate surface area is 123 Å². The molecule has 1 unspecified atom stereocenters. The Bertz CT molecular complexity index is 453. The third-order valence-electron chi connectivity index (χ3n) is 3.89. The number of fused-ring (bicyclic) bond motifs is 1. The fourth-order valence-electron chi connectivity index (χ4n) is 2.79. The lowest BCUT2D eigenvalue weighted by atomic mass is 9.97. The van der Waals surface area contributed by atoms with Gasteiger partial charge in [-0.25, -0.2) is 0 Å². The summed E-state index contributed by atoms with van der Waals surface area (Å²) < 4.78 is 27.8. The number of aliphatic hydroxyl groups excluding tert-OH is 1. The van der Waals surface area contributed by atoms with Crippen molar-refractivity contribution in [2.24, 2.45) is 0 Å². The Balaban J connectivity index is 1.75. The molecule has 6 atom stereocenters. The highest BCUT2D eigenvalue weighted by atomic mass is 16.8. The SMILES string of the molecule is CO[C@H]1O[C@@H]2COC(c3ccccc3)O[C@H]2[C@H](O)[C@H]1OC. The Morgan fingerprint density at radius 2 is 1.86 bits per heavy atom. The van der Waals surface area contributed by atoms with Crippen LogP contribution < -0.4 is 0 Å². The van der Waals surface area contributed by atoms with E-state index < -0.39 is 30.9 Å². The maximum atomic E-state index is 10.5. The van der Waals surface area contributed by atoms with E-state index in [2.05, 4.69) is 0 Å². The van der Waals surface area contributed by atoms with Gasteiger partial charge in [0.2, 0.25) is 0 Å². The van der Waals surface area contributed by atoms with Crippen molar-refractivity contribution in [3.05, 3.63) is 35.9 Å². The number of methoxy groups -OCH3 is 2. The molecular weight excluding hydrogens is 276 g/mol. The highest BCUT2D eigenvalue weighted by Gasteiger charge is 2.49. The molecule has 1 aromatic rings. The lowest BCUT2D eigenvalue weighted by Crippen LogP contribution is -2.62. The first-order valence-corrected chi connectivity index (χ1v) is 6.95. The van der Waals surface area contributed by atoms with Crippen LogP contribution in [0.25, 0.3) is 0 Å². The average Bonchev–Trinajstić information content (AvgIpc) is 2.55. The quantitative estimate of drug-likeness (QED) is 0.892. The van der Waals surface area contributed by atoms with Crippen LogP contribution in [-0.2, 0) is 23.7 Å². The van der Waals surface area contributed by atoms with E-state index in [9.17, 15) is 5.11 Å². The van der Waals surface area contributed by atoms with Crippen LogP contribution in [0, 0.1) is 0 Å². The maximum Gasteiger partial charge on any atom is 0.186 e. The van der Waals surface area contributed by atoms with Crippen molar-refractivity contribution in [1.29, 1.82) is 0 Å². The summed E-state index contributed by atoms with van der Waals surface area (Å²) in [6.07, 6.45) is -3.47. The summed E-state index contributed by atoms with van der Waals surface area (Å²) in [4.78, 5) is 0. The summed E-state index contributed by atoms with van der Waals surface area (Å²) in [6.45, 7) is 0.331. The van der Waals surface area contributed by atoms with Crippen molar-refractivity contribution >= 4 is 0 Å². The smallest absolute Gasteiger partial charge is 0.186 e. The Morgan fingerprint density at radius 3 is 2.52 bits per heavy atom. The molecule has 2 aliphatic heterocycles. The van der Waals surface area contributed by atoms with Gasteiger partial charge in [-0.3, -0.25) is 0 Å². The van der Waals surface area contributed by atoms with Gasteiger partial charge in [-0.05, 0) is 0 Å². The first kappa shape index (κ1) is 14.9. The zero-order valence-corrected chi connectivity index (χ0v) is 12.0. The molecule has 2 heterocycles. The third-order valence-corrected chi connectivity index (χ3v) is 3.89. The minimum absolute atomic E-state index is 0.331. The molecule has 0 aliphatic carbocycles. The highest BCUT2D eigenvalue weighted by Crippen LogP contribution is 2.34. The summed E-state index contributed by atoms with van der Waals surface area (Å²) in [5.74, 6) is 0. The summed E-state index contributed by atoms with van der Waals surface area (Å²) in [5, 5.41) is 10.5. The van der Waals surface area contributed by atoms with Gasteiger partial charge in [0.25, 0.3) is 0 Å². The number of benzene rings is 1. The molecule has 0 aromatic heterocycles. The molecule has 3 rings (SSSR count). The van der Waals surface area contributed by atoms with Crippen LogP contribution in [0.4, 0.5) is 0 Å². The van der Waals surface area contributed by atoms with Crippen LogP contribution in [0.5, 0.6) is 0 Å². The predicted molar refractivity (Wildman–Crippen MR) is 72.5 cm³/mol. The van der Waals surface area contributed by atoms with Crippen LogP contribution in [0.15, 0.2) is 30.3 Å². The molecule has 0 saturated carbocycles. The van der Waals surface area contributed by atoms with Gasteiger partial charge >= 0.3 is 0 Å². The Hall–Kier alpha value is -1.02. The fourth-order valence-corrected chi connectivity index (χ4v) is 2.79. The Kier molecular flexibility index (Phi) is 4.54. The molecule has 1 aromatic carbocycles. The van der Waals surface area contributed by atoms with E-state index in [1.165, 1.54) is 14.2 Å². The number of hydrogen-bond acceptors (Lipinski definition) is 6. The van der Waals surface area contributed by atoms with Gasteiger partial charge in [0.05, 0.1) is 6.61 Å². The molecule has 1 N–H and O–H groups in total. The van der Waals surface area contributed by atoms with Crippen molar-refractivity contribution in [1.82, 2.24) is 0 Å². The van der Waals surface area contributed by atoms with E-state index in [4.69, 9.17) is 23.7 Å². The second-order valence-corrected chi connectivity index (χ2v) is 5.15. The molecule has 0 bridgehead atoms. The fraction of sp³-hybridized carbons (Fsp3) is 0.600. The Morgan fingerprint density at radius 1 is 1.10 bits per heavy atom. The number of ether oxygens (including phenoxy) is 5. The van der Waals surface area contributed by atoms with Crippen LogP contribution in [0.1, 0.15) is 11.9 Å². The van der Waals surface area contributed by atoms with Crippen molar-refractivity contribution in [3.8, 4) is 0 Å². The lowest BCUT2D eigenvalue weighted by Gasteiger charge is -2.46. The van der Waals surface area contributed by atoms with E-state index in [1.807, 2.05) is 30.3 Å². The van der Waals surface area contributed by atoms with Gasteiger partial charge < -0.3 is 28.8 Å². The van der Waals surface area contributed by atoms with Crippen LogP contribution >= 0.6 is 0 Å². The maximum absolute atomic E-state index is 10.5. The largest absolute Gasteiger partial charge is 0.387 e. The van der Waals surface area contributed by atoms with Crippen molar-refractivity contribution in [2.75, 3.05) is 20.8 Å². The predicted octanol–water partition coefficient (Wildman–Crippen LogP) is 0.848. The lowest BCUT2D eigenvalue weighted by molar-refractivity contribution is -0.360. The molecule has 2 saturated heterocycles. The van der Waals surface area contributed by atoms with Crippen molar-refractivity contribution < 1.29 is 28.8 Å². The summed E-state index contributed by atoms with van der Waals surface area (Å²) in [7, 11) is 3.03. The third kappa shape index (κ3) is 2.83. The topological polar surface area (TPSA) is 66.4 Å². The van der Waals surface area contributed by atoms with Crippen LogP contribution in [0.2, 0.25) is 0 Å². The average molecular weight is 296 g/mol. The molecule has 2 aliphatic rings. The number of aliphatic hydroxyl groups is 1. The molecule has 2 fully saturated rings.